The van der Waals surface area contributed by atoms with E-state index < -0.39 is 18.3 Å². The maximum Gasteiger partial charge on any atom is 0.374 e. The zero-order valence-electron chi connectivity index (χ0n) is 7.28. The second-order valence-electron chi connectivity index (χ2n) is 2.87. The molecule has 76 valence electrons. The summed E-state index contributed by atoms with van der Waals surface area (Å²) in [5, 5.41) is 8.15. The average Bonchev–Trinajstić information content (AvgIpc) is 2.16. The Hall–Kier alpha value is -1.52. The summed E-state index contributed by atoms with van der Waals surface area (Å²) in [6.07, 6.45) is 2.28. The van der Waals surface area contributed by atoms with Crippen LogP contribution in [0.2, 0.25) is 0 Å². The molecule has 0 radical (unpaired) electrons. The Labute approximate surface area is 79.4 Å². The molecule has 0 aliphatic heterocycles. The minimum atomic E-state index is -3.66. The van der Waals surface area contributed by atoms with E-state index in [1.807, 2.05) is 0 Å². The summed E-state index contributed by atoms with van der Waals surface area (Å²) in [6.45, 7) is 0. The van der Waals surface area contributed by atoms with Crippen molar-refractivity contribution in [1.82, 2.24) is 4.98 Å². The van der Waals surface area contributed by atoms with E-state index in [-0.39, 0.29) is 6.42 Å². The van der Waals surface area contributed by atoms with E-state index >= 15 is 0 Å². The maximum absolute atomic E-state index is 12.6. The van der Waals surface area contributed by atoms with E-state index in [0.717, 1.165) is 0 Å². The van der Waals surface area contributed by atoms with Crippen LogP contribution in [0.5, 0.6) is 0 Å². The number of halogens is 2. The molecule has 0 unspecified atom stereocenters. The van der Waals surface area contributed by atoms with Crippen LogP contribution < -0.4 is 0 Å². The van der Waals surface area contributed by atoms with Crippen molar-refractivity contribution in [3.8, 4) is 0 Å². The largest absolute Gasteiger partial charge is 0.477 e. The van der Waals surface area contributed by atoms with Crippen LogP contribution in [0, 0.1) is 0 Å². The summed E-state index contributed by atoms with van der Waals surface area (Å²) in [5.41, 5.74) is 0.605. The van der Waals surface area contributed by atoms with Gasteiger partial charge in [0.1, 0.15) is 0 Å². The van der Waals surface area contributed by atoms with Crippen molar-refractivity contribution in [1.29, 1.82) is 0 Å². The Kier molecular flexibility index (Phi) is 3.11. The predicted molar refractivity (Wildman–Crippen MR) is 45.1 cm³/mol. The molecule has 0 spiro atoms. The number of hydrogen-bond acceptors (Lipinski definition) is 2. The third-order valence-electron chi connectivity index (χ3n) is 1.76. The molecule has 0 aliphatic carbocycles. The minimum Gasteiger partial charge on any atom is -0.477 e. The van der Waals surface area contributed by atoms with E-state index in [2.05, 4.69) is 4.98 Å². The Morgan fingerprint density at radius 1 is 1.57 bits per heavy atom. The van der Waals surface area contributed by atoms with Gasteiger partial charge in [0.2, 0.25) is 0 Å². The smallest absolute Gasteiger partial charge is 0.374 e. The fraction of sp³-hybridized carbons (Fsp3) is 0.333. The Balaban J connectivity index is 2.53. The molecule has 1 aromatic rings. The molecule has 1 N–H and O–H groups in total. The number of rotatable bonds is 4. The number of carbonyl (C=O) groups is 1. The zero-order chi connectivity index (χ0) is 10.6. The molecule has 0 saturated carbocycles. The number of aliphatic carboxylic acids is 1. The lowest BCUT2D eigenvalue weighted by Crippen LogP contribution is -2.28. The van der Waals surface area contributed by atoms with Gasteiger partial charge in [0.25, 0.3) is 0 Å². The first-order valence-corrected chi connectivity index (χ1v) is 4.02. The predicted octanol–water partition coefficient (Wildman–Crippen LogP) is 1.73. The highest BCUT2D eigenvalue weighted by Crippen LogP contribution is 2.20. The van der Waals surface area contributed by atoms with Gasteiger partial charge in [-0.3, -0.25) is 4.98 Å². The molecule has 5 heteroatoms. The second-order valence-corrected chi connectivity index (χ2v) is 2.87. The van der Waals surface area contributed by atoms with Gasteiger partial charge >= 0.3 is 11.9 Å². The van der Waals surface area contributed by atoms with Gasteiger partial charge in [0.15, 0.2) is 0 Å². The monoisotopic (exact) mass is 201 g/mol. The van der Waals surface area contributed by atoms with Crippen LogP contribution in [0.3, 0.4) is 0 Å². The summed E-state index contributed by atoms with van der Waals surface area (Å²) in [4.78, 5) is 13.8. The summed E-state index contributed by atoms with van der Waals surface area (Å²) in [6, 6.07) is 3.25. The van der Waals surface area contributed by atoms with Crippen LogP contribution in [-0.2, 0) is 11.2 Å². The number of pyridine rings is 1. The van der Waals surface area contributed by atoms with Crippen LogP contribution in [0.25, 0.3) is 0 Å². The summed E-state index contributed by atoms with van der Waals surface area (Å²) < 4.78 is 25.2. The number of aryl methyl sites for hydroxylation is 1. The van der Waals surface area contributed by atoms with Crippen molar-refractivity contribution >= 4 is 5.97 Å². The highest BCUT2D eigenvalue weighted by molar-refractivity contribution is 5.75. The van der Waals surface area contributed by atoms with E-state index in [1.54, 1.807) is 12.1 Å². The molecule has 0 bridgehead atoms. The van der Waals surface area contributed by atoms with Crippen molar-refractivity contribution in [3.05, 3.63) is 30.1 Å². The SMILES string of the molecule is O=C(O)C(F)(F)CCc1cccnc1. The van der Waals surface area contributed by atoms with Crippen LogP contribution >= 0.6 is 0 Å². The number of hydrogen-bond donors (Lipinski definition) is 1. The van der Waals surface area contributed by atoms with Gasteiger partial charge in [-0.25, -0.2) is 4.79 Å². The van der Waals surface area contributed by atoms with E-state index in [1.165, 1.54) is 12.4 Å². The lowest BCUT2D eigenvalue weighted by atomic mass is 10.1. The Morgan fingerprint density at radius 3 is 2.79 bits per heavy atom. The molecule has 0 aromatic carbocycles. The number of alkyl halides is 2. The first kappa shape index (κ1) is 10.6. The lowest BCUT2D eigenvalue weighted by Gasteiger charge is -2.09. The van der Waals surface area contributed by atoms with Crippen molar-refractivity contribution in [2.45, 2.75) is 18.8 Å². The topological polar surface area (TPSA) is 50.2 Å². The zero-order valence-corrected chi connectivity index (χ0v) is 7.28. The first-order valence-electron chi connectivity index (χ1n) is 4.02. The molecule has 1 heterocycles. The van der Waals surface area contributed by atoms with Crippen LogP contribution in [0.15, 0.2) is 24.5 Å². The molecule has 3 nitrogen and oxygen atoms in total. The van der Waals surface area contributed by atoms with Crippen molar-refractivity contribution < 1.29 is 18.7 Å². The van der Waals surface area contributed by atoms with Gasteiger partial charge < -0.3 is 5.11 Å². The summed E-state index contributed by atoms with van der Waals surface area (Å²) >= 11 is 0. The molecular weight excluding hydrogens is 192 g/mol. The maximum atomic E-state index is 12.6. The Bertz CT molecular complexity index is 314. The van der Waals surface area contributed by atoms with E-state index in [4.69, 9.17) is 5.11 Å². The van der Waals surface area contributed by atoms with Gasteiger partial charge in [0, 0.05) is 18.8 Å². The number of aromatic nitrogens is 1. The van der Waals surface area contributed by atoms with Crippen LogP contribution in [0.4, 0.5) is 8.78 Å². The molecule has 0 fully saturated rings. The quantitative estimate of drug-likeness (QED) is 0.807. The van der Waals surface area contributed by atoms with Gasteiger partial charge in [-0.05, 0) is 18.1 Å². The number of carboxylic acids is 1. The van der Waals surface area contributed by atoms with Crippen LogP contribution in [-0.4, -0.2) is 22.0 Å². The van der Waals surface area contributed by atoms with Crippen LogP contribution in [0.1, 0.15) is 12.0 Å². The summed E-state index contributed by atoms with van der Waals surface area (Å²) in [5.74, 6) is -5.74. The van der Waals surface area contributed by atoms with Crippen molar-refractivity contribution in [3.63, 3.8) is 0 Å². The molecule has 1 aromatic heterocycles. The van der Waals surface area contributed by atoms with Gasteiger partial charge in [-0.1, -0.05) is 6.07 Å². The van der Waals surface area contributed by atoms with Gasteiger partial charge in [0.05, 0.1) is 0 Å². The second kappa shape index (κ2) is 4.13. The van der Waals surface area contributed by atoms with Crippen molar-refractivity contribution in [2.24, 2.45) is 0 Å². The average molecular weight is 201 g/mol. The first-order chi connectivity index (χ1) is 6.52. The van der Waals surface area contributed by atoms with Gasteiger partial charge in [-0.2, -0.15) is 8.78 Å². The standard InChI is InChI=1S/C9H9F2NO2/c10-9(11,8(13)14)4-3-7-2-1-5-12-6-7/h1-2,5-6H,3-4H2,(H,13,14). The molecule has 1 rings (SSSR count). The molecule has 0 saturated heterocycles. The van der Waals surface area contributed by atoms with E-state index in [9.17, 15) is 13.6 Å². The fourth-order valence-corrected chi connectivity index (χ4v) is 0.954. The molecule has 14 heavy (non-hydrogen) atoms. The molecule has 0 atom stereocenters. The normalized spacial score (nSPS) is 11.3. The molecule has 0 amide bonds. The van der Waals surface area contributed by atoms with E-state index in [0.29, 0.717) is 5.56 Å². The molecular formula is C9H9F2NO2. The summed E-state index contributed by atoms with van der Waals surface area (Å²) in [7, 11) is 0. The fourth-order valence-electron chi connectivity index (χ4n) is 0.954. The third kappa shape index (κ3) is 2.76. The number of carboxylic acid groups (broad SMARTS) is 1. The highest BCUT2D eigenvalue weighted by Gasteiger charge is 2.37. The van der Waals surface area contributed by atoms with Crippen molar-refractivity contribution in [2.75, 3.05) is 0 Å². The highest BCUT2D eigenvalue weighted by atomic mass is 19.3. The number of nitrogens with zero attached hydrogens (tertiary/aromatic N) is 1. The minimum absolute atomic E-state index is 0.00708. The Morgan fingerprint density at radius 2 is 2.29 bits per heavy atom. The lowest BCUT2D eigenvalue weighted by molar-refractivity contribution is -0.165. The molecule has 0 aliphatic rings. The third-order valence-corrected chi connectivity index (χ3v) is 1.76. The van der Waals surface area contributed by atoms with Gasteiger partial charge in [-0.15, -0.1) is 0 Å².